The summed E-state index contributed by atoms with van der Waals surface area (Å²) in [5.41, 5.74) is 0.410. The molecule has 4 heteroatoms. The van der Waals surface area contributed by atoms with Gasteiger partial charge in [-0.3, -0.25) is 4.98 Å². The van der Waals surface area contributed by atoms with Crippen LogP contribution in [-0.4, -0.2) is 16.1 Å². The van der Waals surface area contributed by atoms with Gasteiger partial charge in [0.2, 0.25) is 5.76 Å². The molecular formula is C9H7NO3. The van der Waals surface area contributed by atoms with Crippen molar-refractivity contribution in [2.45, 2.75) is 6.92 Å². The molecule has 0 radical (unpaired) electrons. The Morgan fingerprint density at radius 1 is 1.62 bits per heavy atom. The summed E-state index contributed by atoms with van der Waals surface area (Å²) in [6.07, 6.45) is 1.55. The first kappa shape index (κ1) is 7.79. The summed E-state index contributed by atoms with van der Waals surface area (Å²) >= 11 is 0. The molecule has 0 bridgehead atoms. The summed E-state index contributed by atoms with van der Waals surface area (Å²) in [6, 6.07) is 3.53. The lowest BCUT2D eigenvalue weighted by Gasteiger charge is -1.86. The first-order valence-electron chi connectivity index (χ1n) is 3.77. The van der Waals surface area contributed by atoms with E-state index < -0.39 is 5.97 Å². The van der Waals surface area contributed by atoms with E-state index in [1.54, 1.807) is 25.3 Å². The second-order valence-electron chi connectivity index (χ2n) is 2.69. The number of aryl methyl sites for hydroxylation is 1. The predicted molar refractivity (Wildman–Crippen MR) is 45.7 cm³/mol. The molecule has 0 aromatic carbocycles. The molecule has 0 spiro atoms. The largest absolute Gasteiger partial charge is 0.475 e. The maximum atomic E-state index is 10.7. The van der Waals surface area contributed by atoms with E-state index in [1.165, 1.54) is 0 Å². The highest BCUT2D eigenvalue weighted by molar-refractivity contribution is 6.00. The molecule has 0 aliphatic carbocycles. The van der Waals surface area contributed by atoms with Gasteiger partial charge in [-0.1, -0.05) is 0 Å². The minimum absolute atomic E-state index is 0.0897. The lowest BCUT2D eigenvalue weighted by molar-refractivity contribution is 0.0663. The molecule has 4 nitrogen and oxygen atoms in total. The Balaban J connectivity index is 2.85. The molecule has 0 unspecified atom stereocenters. The topological polar surface area (TPSA) is 63.3 Å². The third-order valence-electron chi connectivity index (χ3n) is 1.85. The Labute approximate surface area is 73.8 Å². The zero-order chi connectivity index (χ0) is 9.42. The molecule has 0 saturated carbocycles. The van der Waals surface area contributed by atoms with Gasteiger partial charge in [0.1, 0.15) is 11.3 Å². The van der Waals surface area contributed by atoms with E-state index in [0.29, 0.717) is 11.3 Å². The number of aromatic nitrogens is 1. The monoisotopic (exact) mass is 177 g/mol. The van der Waals surface area contributed by atoms with E-state index in [1.807, 2.05) is 0 Å². The number of carboxylic acid groups (broad SMARTS) is 1. The fourth-order valence-electron chi connectivity index (χ4n) is 1.27. The highest BCUT2D eigenvalue weighted by Gasteiger charge is 2.16. The third kappa shape index (κ3) is 1.07. The van der Waals surface area contributed by atoms with Crippen molar-refractivity contribution in [3.8, 4) is 0 Å². The quantitative estimate of drug-likeness (QED) is 0.721. The number of rotatable bonds is 1. The molecule has 2 aromatic rings. The fourth-order valence-corrected chi connectivity index (χ4v) is 1.27. The van der Waals surface area contributed by atoms with Gasteiger partial charge in [-0.15, -0.1) is 0 Å². The van der Waals surface area contributed by atoms with Crippen LogP contribution in [0.15, 0.2) is 22.7 Å². The molecule has 66 valence electrons. The molecule has 0 fully saturated rings. The Bertz CT molecular complexity index is 473. The van der Waals surface area contributed by atoms with Crippen molar-refractivity contribution in [2.75, 3.05) is 0 Å². The number of carbonyl (C=O) groups is 1. The minimum atomic E-state index is -1.09. The fraction of sp³-hybridized carbons (Fsp3) is 0.111. The van der Waals surface area contributed by atoms with E-state index in [4.69, 9.17) is 9.52 Å². The van der Waals surface area contributed by atoms with Crippen molar-refractivity contribution in [1.82, 2.24) is 4.98 Å². The first-order chi connectivity index (χ1) is 6.20. The summed E-state index contributed by atoms with van der Waals surface area (Å²) in [5, 5.41) is 9.51. The average molecular weight is 177 g/mol. The van der Waals surface area contributed by atoms with Crippen LogP contribution in [-0.2, 0) is 0 Å². The third-order valence-corrected chi connectivity index (χ3v) is 1.85. The number of nitrogens with zero attached hydrogens (tertiary/aromatic N) is 1. The van der Waals surface area contributed by atoms with Gasteiger partial charge >= 0.3 is 5.97 Å². The average Bonchev–Trinajstić information content (AvgIpc) is 2.45. The molecule has 13 heavy (non-hydrogen) atoms. The number of fused-ring (bicyclic) bond motifs is 1. The molecule has 1 N–H and O–H groups in total. The second-order valence-corrected chi connectivity index (χ2v) is 2.69. The smallest absolute Gasteiger partial charge is 0.374 e. The van der Waals surface area contributed by atoms with Crippen LogP contribution in [0, 0.1) is 6.92 Å². The normalized spacial score (nSPS) is 10.5. The molecular weight excluding hydrogens is 170 g/mol. The standard InChI is InChI=1S/C9H7NO3/c1-5-6-3-2-4-10-7(6)8(13-5)9(11)12/h2-4H,1H3,(H,11,12). The maximum Gasteiger partial charge on any atom is 0.374 e. The van der Waals surface area contributed by atoms with Gasteiger partial charge in [-0.05, 0) is 19.1 Å². The van der Waals surface area contributed by atoms with Gasteiger partial charge in [0.05, 0.1) is 0 Å². The van der Waals surface area contributed by atoms with Crippen LogP contribution < -0.4 is 0 Å². The molecule has 0 atom stereocenters. The van der Waals surface area contributed by atoms with Gasteiger partial charge in [0, 0.05) is 11.6 Å². The summed E-state index contributed by atoms with van der Waals surface area (Å²) in [7, 11) is 0. The molecule has 2 heterocycles. The molecule has 2 rings (SSSR count). The van der Waals surface area contributed by atoms with Gasteiger partial charge in [-0.2, -0.15) is 0 Å². The van der Waals surface area contributed by atoms with Crippen LogP contribution >= 0.6 is 0 Å². The Morgan fingerprint density at radius 3 is 3.08 bits per heavy atom. The number of hydrogen-bond acceptors (Lipinski definition) is 3. The number of hydrogen-bond donors (Lipinski definition) is 1. The van der Waals surface area contributed by atoms with Gasteiger partial charge in [0.25, 0.3) is 0 Å². The van der Waals surface area contributed by atoms with Crippen LogP contribution in [0.25, 0.3) is 10.9 Å². The minimum Gasteiger partial charge on any atom is -0.475 e. The van der Waals surface area contributed by atoms with Crippen LogP contribution in [0.1, 0.15) is 16.3 Å². The van der Waals surface area contributed by atoms with Crippen molar-refractivity contribution in [1.29, 1.82) is 0 Å². The van der Waals surface area contributed by atoms with Gasteiger partial charge in [0.15, 0.2) is 0 Å². The predicted octanol–water partition coefficient (Wildman–Crippen LogP) is 1.83. The zero-order valence-corrected chi connectivity index (χ0v) is 6.94. The van der Waals surface area contributed by atoms with Crippen molar-refractivity contribution < 1.29 is 14.3 Å². The molecule has 0 aliphatic rings. The van der Waals surface area contributed by atoms with Crippen molar-refractivity contribution in [2.24, 2.45) is 0 Å². The highest BCUT2D eigenvalue weighted by Crippen LogP contribution is 2.22. The van der Waals surface area contributed by atoms with E-state index in [-0.39, 0.29) is 5.76 Å². The number of furan rings is 1. The Hall–Kier alpha value is -1.84. The molecule has 0 amide bonds. The van der Waals surface area contributed by atoms with E-state index in [0.717, 1.165) is 5.39 Å². The Morgan fingerprint density at radius 2 is 2.38 bits per heavy atom. The Kier molecular flexibility index (Phi) is 1.55. The van der Waals surface area contributed by atoms with E-state index in [2.05, 4.69) is 4.98 Å². The number of carboxylic acids is 1. The highest BCUT2D eigenvalue weighted by atomic mass is 16.4. The van der Waals surface area contributed by atoms with Crippen LogP contribution in [0.5, 0.6) is 0 Å². The van der Waals surface area contributed by atoms with E-state index in [9.17, 15) is 4.79 Å². The summed E-state index contributed by atoms with van der Waals surface area (Å²) in [4.78, 5) is 14.6. The lowest BCUT2D eigenvalue weighted by Crippen LogP contribution is -1.94. The van der Waals surface area contributed by atoms with Crippen LogP contribution in [0.4, 0.5) is 0 Å². The van der Waals surface area contributed by atoms with Crippen LogP contribution in [0.2, 0.25) is 0 Å². The lowest BCUT2D eigenvalue weighted by atomic mass is 10.2. The summed E-state index contributed by atoms with van der Waals surface area (Å²) in [6.45, 7) is 1.72. The molecule has 0 saturated heterocycles. The maximum absolute atomic E-state index is 10.7. The summed E-state index contributed by atoms with van der Waals surface area (Å²) in [5.74, 6) is -0.592. The second kappa shape index (κ2) is 2.58. The van der Waals surface area contributed by atoms with Crippen molar-refractivity contribution in [3.05, 3.63) is 29.9 Å². The van der Waals surface area contributed by atoms with Crippen molar-refractivity contribution in [3.63, 3.8) is 0 Å². The van der Waals surface area contributed by atoms with Gasteiger partial charge < -0.3 is 9.52 Å². The van der Waals surface area contributed by atoms with Crippen LogP contribution in [0.3, 0.4) is 0 Å². The SMILES string of the molecule is Cc1oc(C(=O)O)c2ncccc12. The number of pyridine rings is 1. The molecule has 2 aromatic heterocycles. The first-order valence-corrected chi connectivity index (χ1v) is 3.77. The van der Waals surface area contributed by atoms with Crippen molar-refractivity contribution >= 4 is 16.9 Å². The zero-order valence-electron chi connectivity index (χ0n) is 6.94. The summed E-state index contributed by atoms with van der Waals surface area (Å²) < 4.78 is 5.06. The molecule has 0 aliphatic heterocycles. The number of aromatic carboxylic acids is 1. The van der Waals surface area contributed by atoms with E-state index >= 15 is 0 Å². The van der Waals surface area contributed by atoms with Gasteiger partial charge in [-0.25, -0.2) is 4.79 Å².